The van der Waals surface area contributed by atoms with Crippen LogP contribution in [0.2, 0.25) is 0 Å². The predicted molar refractivity (Wildman–Crippen MR) is 114 cm³/mol. The first-order chi connectivity index (χ1) is 16.3. The van der Waals surface area contributed by atoms with Crippen molar-refractivity contribution in [1.82, 2.24) is 15.8 Å². The molecular formula is C23H18F2N4O5. The van der Waals surface area contributed by atoms with Gasteiger partial charge < -0.3 is 14.2 Å². The van der Waals surface area contributed by atoms with Gasteiger partial charge in [-0.15, -0.1) is 0 Å². The van der Waals surface area contributed by atoms with Crippen LogP contribution in [0.5, 0.6) is 0 Å². The third kappa shape index (κ3) is 2.61. The third-order valence-corrected chi connectivity index (χ3v) is 6.91. The minimum Gasteiger partial charge on any atom is -0.374 e. The van der Waals surface area contributed by atoms with Crippen molar-refractivity contribution in [2.45, 2.75) is 25.5 Å². The maximum Gasteiger partial charge on any atom is 0.328 e. The number of hydrogen-bond acceptors (Lipinski definition) is 7. The summed E-state index contributed by atoms with van der Waals surface area (Å²) < 4.78 is 41.4. The number of amides is 4. The van der Waals surface area contributed by atoms with Crippen molar-refractivity contribution in [2.24, 2.45) is 5.41 Å². The SMILES string of the molecule is C[C@@H]1OCCN2c3c(cc4c(-c5ccccc5F)noc4c3F)CC3(C(=O)NC(=O)NC3=O)[C@@H]12. The molecule has 0 saturated carbocycles. The van der Waals surface area contributed by atoms with E-state index >= 15 is 4.39 Å². The van der Waals surface area contributed by atoms with Crippen LogP contribution in [-0.2, 0) is 20.7 Å². The summed E-state index contributed by atoms with van der Waals surface area (Å²) in [5.74, 6) is -2.83. The van der Waals surface area contributed by atoms with Crippen molar-refractivity contribution in [3.8, 4) is 11.3 Å². The first-order valence-corrected chi connectivity index (χ1v) is 10.7. The summed E-state index contributed by atoms with van der Waals surface area (Å²) in [5, 5.41) is 8.49. The van der Waals surface area contributed by atoms with Crippen LogP contribution >= 0.6 is 0 Å². The van der Waals surface area contributed by atoms with E-state index in [1.807, 2.05) is 0 Å². The average Bonchev–Trinajstić information content (AvgIpc) is 3.21. The van der Waals surface area contributed by atoms with Gasteiger partial charge in [-0.05, 0) is 30.7 Å². The number of carbonyl (C=O) groups excluding carboxylic acids is 3. The van der Waals surface area contributed by atoms with E-state index < -0.39 is 47.0 Å². The van der Waals surface area contributed by atoms with Crippen LogP contribution in [0.25, 0.3) is 22.2 Å². The normalized spacial score (nSPS) is 23.5. The molecule has 0 bridgehead atoms. The number of fused-ring (bicyclic) bond motifs is 5. The Bertz CT molecular complexity index is 1380. The van der Waals surface area contributed by atoms with E-state index in [-0.39, 0.29) is 47.5 Å². The lowest BCUT2D eigenvalue weighted by Gasteiger charge is -2.54. The fourth-order valence-electron chi connectivity index (χ4n) is 5.51. The highest BCUT2D eigenvalue weighted by atomic mass is 19.1. The van der Waals surface area contributed by atoms with Crippen LogP contribution in [0.4, 0.5) is 19.3 Å². The molecule has 0 radical (unpaired) electrons. The summed E-state index contributed by atoms with van der Waals surface area (Å²) in [6.07, 6.45) is -0.818. The van der Waals surface area contributed by atoms with Gasteiger partial charge in [0.05, 0.1) is 29.8 Å². The summed E-state index contributed by atoms with van der Waals surface area (Å²) in [6.45, 7) is 2.14. The first-order valence-electron chi connectivity index (χ1n) is 10.7. The molecule has 1 spiro atoms. The fraction of sp³-hybridized carbons (Fsp3) is 0.304. The van der Waals surface area contributed by atoms with Gasteiger partial charge in [-0.3, -0.25) is 20.2 Å². The minimum atomic E-state index is -1.74. The van der Waals surface area contributed by atoms with Crippen molar-refractivity contribution in [3.05, 3.63) is 47.5 Å². The number of carbonyl (C=O) groups is 3. The van der Waals surface area contributed by atoms with E-state index in [4.69, 9.17) is 9.26 Å². The highest BCUT2D eigenvalue weighted by Gasteiger charge is 2.62. The molecular weight excluding hydrogens is 450 g/mol. The van der Waals surface area contributed by atoms with Gasteiger partial charge in [-0.2, -0.15) is 0 Å². The van der Waals surface area contributed by atoms with Crippen molar-refractivity contribution < 1.29 is 32.4 Å². The molecule has 174 valence electrons. The van der Waals surface area contributed by atoms with Crippen LogP contribution in [-0.4, -0.2) is 48.3 Å². The molecule has 3 aliphatic heterocycles. The van der Waals surface area contributed by atoms with E-state index in [9.17, 15) is 18.8 Å². The molecule has 0 unspecified atom stereocenters. The van der Waals surface area contributed by atoms with Gasteiger partial charge in [0.1, 0.15) is 11.5 Å². The molecule has 9 nitrogen and oxygen atoms in total. The first kappa shape index (κ1) is 20.7. The number of nitrogens with zero attached hydrogens (tertiary/aromatic N) is 2. The van der Waals surface area contributed by atoms with Gasteiger partial charge in [-0.25, -0.2) is 13.6 Å². The van der Waals surface area contributed by atoms with Gasteiger partial charge >= 0.3 is 6.03 Å². The number of rotatable bonds is 1. The van der Waals surface area contributed by atoms with Gasteiger partial charge in [0.15, 0.2) is 11.2 Å². The molecule has 34 heavy (non-hydrogen) atoms. The molecule has 3 aromatic rings. The molecule has 2 atom stereocenters. The number of aromatic nitrogens is 1. The number of anilines is 1. The Kier molecular flexibility index (Phi) is 4.31. The Morgan fingerprint density at radius 3 is 2.62 bits per heavy atom. The summed E-state index contributed by atoms with van der Waals surface area (Å²) in [5.41, 5.74) is -1.14. The van der Waals surface area contributed by atoms with Crippen molar-refractivity contribution >= 4 is 34.5 Å². The Morgan fingerprint density at radius 2 is 1.88 bits per heavy atom. The molecule has 2 fully saturated rings. The number of benzene rings is 2. The van der Waals surface area contributed by atoms with Gasteiger partial charge in [0.2, 0.25) is 17.4 Å². The smallest absolute Gasteiger partial charge is 0.328 e. The van der Waals surface area contributed by atoms with Gasteiger partial charge in [0.25, 0.3) is 0 Å². The van der Waals surface area contributed by atoms with Crippen molar-refractivity contribution in [2.75, 3.05) is 18.1 Å². The molecule has 0 aliphatic carbocycles. The highest BCUT2D eigenvalue weighted by Crippen LogP contribution is 2.49. The second-order valence-electron chi connectivity index (χ2n) is 8.69. The number of hydrogen-bond donors (Lipinski definition) is 2. The van der Waals surface area contributed by atoms with E-state index in [2.05, 4.69) is 15.8 Å². The molecule has 3 aliphatic rings. The summed E-state index contributed by atoms with van der Waals surface area (Å²) in [7, 11) is 0. The molecule has 1 aromatic heterocycles. The maximum absolute atomic E-state index is 15.9. The number of halogens is 2. The lowest BCUT2D eigenvalue weighted by atomic mass is 9.66. The molecule has 2 aromatic carbocycles. The Hall–Kier alpha value is -3.86. The Morgan fingerprint density at radius 1 is 1.15 bits per heavy atom. The standard InChI is InChI=1S/C23H18F2N4O5/c1-10-19-23(20(30)26-22(32)27-21(23)31)9-11-8-13-16(12-4-2-3-5-14(12)24)28-34-18(13)15(25)17(11)29(19)6-7-33-10/h2-5,8,10,19H,6-7,9H2,1H3,(H2,26,27,30,31,32)/t10-,19+/m0/s1. The zero-order valence-electron chi connectivity index (χ0n) is 17.9. The molecule has 11 heteroatoms. The van der Waals surface area contributed by atoms with Crippen molar-refractivity contribution in [3.63, 3.8) is 0 Å². The lowest BCUT2D eigenvalue weighted by molar-refractivity contribution is -0.151. The molecule has 4 heterocycles. The second-order valence-corrected chi connectivity index (χ2v) is 8.69. The zero-order valence-corrected chi connectivity index (χ0v) is 17.9. The molecule has 4 amide bonds. The van der Waals surface area contributed by atoms with E-state index in [0.29, 0.717) is 5.56 Å². The molecule has 2 saturated heterocycles. The number of morpholine rings is 1. The lowest BCUT2D eigenvalue weighted by Crippen LogP contribution is -2.74. The zero-order chi connectivity index (χ0) is 23.8. The highest BCUT2D eigenvalue weighted by molar-refractivity contribution is 6.20. The number of urea groups is 1. The Labute approximate surface area is 191 Å². The van der Waals surface area contributed by atoms with E-state index in [0.717, 1.165) is 0 Å². The maximum atomic E-state index is 15.9. The third-order valence-electron chi connectivity index (χ3n) is 6.91. The summed E-state index contributed by atoms with van der Waals surface area (Å²) in [4.78, 5) is 39.8. The fourth-order valence-corrected chi connectivity index (χ4v) is 5.51. The van der Waals surface area contributed by atoms with Gasteiger partial charge in [-0.1, -0.05) is 17.3 Å². The second kappa shape index (κ2) is 7.07. The number of imide groups is 2. The quantitative estimate of drug-likeness (QED) is 0.527. The summed E-state index contributed by atoms with van der Waals surface area (Å²) >= 11 is 0. The molecule has 2 N–H and O–H groups in total. The number of ether oxygens (including phenoxy) is 1. The minimum absolute atomic E-state index is 0.106. The van der Waals surface area contributed by atoms with Crippen LogP contribution in [0, 0.1) is 17.0 Å². The number of barbiturate groups is 1. The molecule has 6 rings (SSSR count). The topological polar surface area (TPSA) is 114 Å². The van der Waals surface area contributed by atoms with Crippen LogP contribution in [0.3, 0.4) is 0 Å². The summed E-state index contributed by atoms with van der Waals surface area (Å²) in [6, 6.07) is 5.69. The number of nitrogens with one attached hydrogen (secondary N) is 2. The van der Waals surface area contributed by atoms with Crippen molar-refractivity contribution in [1.29, 1.82) is 0 Å². The predicted octanol–water partition coefficient (Wildman–Crippen LogP) is 2.28. The van der Waals surface area contributed by atoms with E-state index in [1.165, 1.54) is 18.2 Å². The monoisotopic (exact) mass is 468 g/mol. The van der Waals surface area contributed by atoms with Crippen LogP contribution < -0.4 is 15.5 Å². The average molecular weight is 468 g/mol. The van der Waals surface area contributed by atoms with Gasteiger partial charge in [0, 0.05) is 18.5 Å². The van der Waals surface area contributed by atoms with E-state index in [1.54, 1.807) is 24.0 Å². The van der Waals surface area contributed by atoms with Crippen LogP contribution in [0.1, 0.15) is 12.5 Å². The largest absolute Gasteiger partial charge is 0.374 e. The Balaban J connectivity index is 1.61. The van der Waals surface area contributed by atoms with Crippen LogP contribution in [0.15, 0.2) is 34.9 Å².